The fourth-order valence-electron chi connectivity index (χ4n) is 1.86. The number of halogens is 1. The number of ether oxygens (including phenoxy) is 1. The van der Waals surface area contributed by atoms with Gasteiger partial charge in [-0.25, -0.2) is 9.37 Å². The van der Waals surface area contributed by atoms with Gasteiger partial charge in [-0.3, -0.25) is 0 Å². The summed E-state index contributed by atoms with van der Waals surface area (Å²) in [6.45, 7) is 2.46. The van der Waals surface area contributed by atoms with Gasteiger partial charge in [-0.15, -0.1) is 0 Å². The van der Waals surface area contributed by atoms with Crippen LogP contribution in [0.3, 0.4) is 0 Å². The summed E-state index contributed by atoms with van der Waals surface area (Å²) in [4.78, 5) is 4.18. The van der Waals surface area contributed by atoms with E-state index in [1.807, 2.05) is 6.92 Å². The molecule has 0 aliphatic rings. The molecule has 2 rings (SSSR count). The third-order valence-corrected chi connectivity index (χ3v) is 2.53. The number of methoxy groups -OCH3 is 1. The summed E-state index contributed by atoms with van der Waals surface area (Å²) in [7, 11) is 1.62. The molecule has 2 N–H and O–H groups in total. The summed E-state index contributed by atoms with van der Waals surface area (Å²) in [5.74, 6) is 0.0865. The van der Waals surface area contributed by atoms with Crippen molar-refractivity contribution in [3.63, 3.8) is 0 Å². The summed E-state index contributed by atoms with van der Waals surface area (Å²) in [5, 5.41) is 0. The van der Waals surface area contributed by atoms with Crippen LogP contribution in [0.4, 0.5) is 10.3 Å². The third kappa shape index (κ3) is 1.74. The molecule has 0 bridgehead atoms. The highest BCUT2D eigenvalue weighted by molar-refractivity contribution is 5.78. The average molecular weight is 223 g/mol. The van der Waals surface area contributed by atoms with Gasteiger partial charge < -0.3 is 15.0 Å². The maximum atomic E-state index is 13.2. The Balaban J connectivity index is 2.58. The summed E-state index contributed by atoms with van der Waals surface area (Å²) < 4.78 is 20.0. The molecule has 0 spiro atoms. The van der Waals surface area contributed by atoms with E-state index in [2.05, 4.69) is 4.98 Å². The Kier molecular flexibility index (Phi) is 2.78. The molecule has 4 nitrogen and oxygen atoms in total. The zero-order chi connectivity index (χ0) is 11.7. The fraction of sp³-hybridized carbons (Fsp3) is 0.364. The molecule has 2 aromatic rings. The fourth-order valence-corrected chi connectivity index (χ4v) is 1.86. The smallest absolute Gasteiger partial charge is 0.201 e. The average Bonchev–Trinajstić information content (AvgIpc) is 2.53. The van der Waals surface area contributed by atoms with Crippen molar-refractivity contribution >= 4 is 17.0 Å². The highest BCUT2D eigenvalue weighted by Crippen LogP contribution is 2.23. The molecule has 16 heavy (non-hydrogen) atoms. The van der Waals surface area contributed by atoms with Crippen molar-refractivity contribution in [3.8, 4) is 0 Å². The second-order valence-corrected chi connectivity index (χ2v) is 3.78. The van der Waals surface area contributed by atoms with E-state index in [9.17, 15) is 4.39 Å². The molecule has 1 heterocycles. The van der Waals surface area contributed by atoms with Crippen LogP contribution in [-0.4, -0.2) is 23.3 Å². The SMILES string of the molecule is COCC(C)n1c(N)nc2ccc(F)cc21. The van der Waals surface area contributed by atoms with E-state index < -0.39 is 0 Å². The molecule has 1 aromatic carbocycles. The van der Waals surface area contributed by atoms with Crippen LogP contribution in [0.2, 0.25) is 0 Å². The molecule has 0 fully saturated rings. The number of anilines is 1. The Hall–Kier alpha value is -1.62. The lowest BCUT2D eigenvalue weighted by molar-refractivity contribution is 0.164. The molecule has 0 aliphatic heterocycles. The van der Waals surface area contributed by atoms with Gasteiger partial charge in [0.05, 0.1) is 23.7 Å². The van der Waals surface area contributed by atoms with Crippen molar-refractivity contribution in [1.29, 1.82) is 0 Å². The van der Waals surface area contributed by atoms with Gasteiger partial charge in [0.1, 0.15) is 5.82 Å². The van der Waals surface area contributed by atoms with Crippen molar-refractivity contribution in [2.75, 3.05) is 19.5 Å². The Bertz CT molecular complexity index is 509. The van der Waals surface area contributed by atoms with Crippen LogP contribution in [0, 0.1) is 5.82 Å². The monoisotopic (exact) mass is 223 g/mol. The molecule has 86 valence electrons. The molecule has 5 heteroatoms. The van der Waals surface area contributed by atoms with E-state index >= 15 is 0 Å². The number of imidazole rings is 1. The molecule has 0 saturated heterocycles. The van der Waals surface area contributed by atoms with Crippen molar-refractivity contribution in [2.24, 2.45) is 0 Å². The number of nitrogen functional groups attached to an aromatic ring is 1. The van der Waals surface area contributed by atoms with E-state index in [1.54, 1.807) is 17.7 Å². The number of nitrogens with two attached hydrogens (primary N) is 1. The summed E-state index contributed by atoms with van der Waals surface area (Å²) >= 11 is 0. The lowest BCUT2D eigenvalue weighted by Crippen LogP contribution is -2.13. The van der Waals surface area contributed by atoms with Crippen LogP contribution in [0.1, 0.15) is 13.0 Å². The van der Waals surface area contributed by atoms with Gasteiger partial charge in [0.2, 0.25) is 5.95 Å². The summed E-state index contributed by atoms with van der Waals surface area (Å²) in [6.07, 6.45) is 0. The van der Waals surface area contributed by atoms with Crippen LogP contribution >= 0.6 is 0 Å². The zero-order valence-corrected chi connectivity index (χ0v) is 9.27. The highest BCUT2D eigenvalue weighted by atomic mass is 19.1. The number of fused-ring (bicyclic) bond motifs is 1. The first-order valence-corrected chi connectivity index (χ1v) is 5.05. The van der Waals surface area contributed by atoms with Crippen LogP contribution < -0.4 is 5.73 Å². The second kappa shape index (κ2) is 4.09. The zero-order valence-electron chi connectivity index (χ0n) is 9.27. The molecule has 1 unspecified atom stereocenters. The molecule has 0 aliphatic carbocycles. The quantitative estimate of drug-likeness (QED) is 0.865. The van der Waals surface area contributed by atoms with Gasteiger partial charge in [-0.2, -0.15) is 0 Å². The van der Waals surface area contributed by atoms with Gasteiger partial charge in [-0.05, 0) is 25.1 Å². The van der Waals surface area contributed by atoms with Crippen molar-refractivity contribution in [3.05, 3.63) is 24.0 Å². The number of nitrogens with zero attached hydrogens (tertiary/aromatic N) is 2. The number of hydrogen-bond donors (Lipinski definition) is 1. The van der Waals surface area contributed by atoms with E-state index in [-0.39, 0.29) is 11.9 Å². The van der Waals surface area contributed by atoms with Crippen LogP contribution in [0.15, 0.2) is 18.2 Å². The van der Waals surface area contributed by atoms with E-state index in [4.69, 9.17) is 10.5 Å². The molecule has 0 saturated carbocycles. The molecule has 0 radical (unpaired) electrons. The second-order valence-electron chi connectivity index (χ2n) is 3.78. The number of aromatic nitrogens is 2. The Morgan fingerprint density at radius 1 is 1.56 bits per heavy atom. The van der Waals surface area contributed by atoms with Crippen molar-refractivity contribution in [2.45, 2.75) is 13.0 Å². The molecule has 1 aromatic heterocycles. The van der Waals surface area contributed by atoms with Crippen molar-refractivity contribution in [1.82, 2.24) is 9.55 Å². The van der Waals surface area contributed by atoms with Gasteiger partial charge >= 0.3 is 0 Å². The standard InChI is InChI=1S/C11H14FN3O/c1-7(6-16-2)15-10-5-8(12)3-4-9(10)14-11(15)13/h3-5,7H,6H2,1-2H3,(H2,13,14). The molecular formula is C11H14FN3O. The third-order valence-electron chi connectivity index (χ3n) is 2.53. The largest absolute Gasteiger partial charge is 0.383 e. The minimum absolute atomic E-state index is 0.0248. The maximum Gasteiger partial charge on any atom is 0.201 e. The number of benzene rings is 1. The Labute approximate surface area is 92.8 Å². The topological polar surface area (TPSA) is 53.1 Å². The Morgan fingerprint density at radius 3 is 3.00 bits per heavy atom. The van der Waals surface area contributed by atoms with E-state index in [0.717, 1.165) is 0 Å². The maximum absolute atomic E-state index is 13.2. The van der Waals surface area contributed by atoms with E-state index in [1.165, 1.54) is 12.1 Å². The predicted molar refractivity (Wildman–Crippen MR) is 60.7 cm³/mol. The summed E-state index contributed by atoms with van der Waals surface area (Å²) in [6, 6.07) is 4.46. The van der Waals surface area contributed by atoms with Gasteiger partial charge in [0.25, 0.3) is 0 Å². The minimum atomic E-state index is -0.293. The lowest BCUT2D eigenvalue weighted by Gasteiger charge is -2.14. The van der Waals surface area contributed by atoms with Gasteiger partial charge in [0, 0.05) is 7.11 Å². The first-order chi connectivity index (χ1) is 7.63. The van der Waals surface area contributed by atoms with Gasteiger partial charge in [0.15, 0.2) is 0 Å². The van der Waals surface area contributed by atoms with Gasteiger partial charge in [-0.1, -0.05) is 0 Å². The predicted octanol–water partition coefficient (Wildman–Crippen LogP) is 1.96. The molecule has 1 atom stereocenters. The normalized spacial score (nSPS) is 13.2. The van der Waals surface area contributed by atoms with E-state index in [0.29, 0.717) is 23.6 Å². The lowest BCUT2D eigenvalue weighted by atomic mass is 10.3. The van der Waals surface area contributed by atoms with Crippen molar-refractivity contribution < 1.29 is 9.13 Å². The summed E-state index contributed by atoms with van der Waals surface area (Å²) in [5.41, 5.74) is 7.20. The number of rotatable bonds is 3. The van der Waals surface area contributed by atoms with Crippen LogP contribution in [0.5, 0.6) is 0 Å². The van der Waals surface area contributed by atoms with Crippen LogP contribution in [0.25, 0.3) is 11.0 Å². The van der Waals surface area contributed by atoms with Crippen LogP contribution in [-0.2, 0) is 4.74 Å². The number of hydrogen-bond acceptors (Lipinski definition) is 3. The highest BCUT2D eigenvalue weighted by Gasteiger charge is 2.14. The Morgan fingerprint density at radius 2 is 2.31 bits per heavy atom. The first-order valence-electron chi connectivity index (χ1n) is 5.05. The molecular weight excluding hydrogens is 209 g/mol. The first kappa shape index (κ1) is 10.9. The minimum Gasteiger partial charge on any atom is -0.383 e. The molecule has 0 amide bonds.